The number of nitrogen functional groups attached to an aromatic ring is 1. The first kappa shape index (κ1) is 15.1. The fourth-order valence-corrected chi connectivity index (χ4v) is 2.27. The minimum absolute atomic E-state index is 0.0210. The average Bonchev–Trinajstić information content (AvgIpc) is 2.46. The van der Waals surface area contributed by atoms with E-state index in [1.807, 2.05) is 55.6 Å². The van der Waals surface area contributed by atoms with Crippen molar-refractivity contribution in [2.24, 2.45) is 0 Å². The van der Waals surface area contributed by atoms with Gasteiger partial charge in [-0.1, -0.05) is 38.1 Å². The predicted molar refractivity (Wildman–Crippen MR) is 87.2 cm³/mol. The Hall–Kier alpha value is -2.29. The Morgan fingerprint density at radius 2 is 1.81 bits per heavy atom. The van der Waals surface area contributed by atoms with Gasteiger partial charge >= 0.3 is 0 Å². The zero-order valence-corrected chi connectivity index (χ0v) is 12.8. The lowest BCUT2D eigenvalue weighted by atomic mass is 10.0. The summed E-state index contributed by atoms with van der Waals surface area (Å²) in [6, 6.07) is 15.4. The largest absolute Gasteiger partial charge is 0.399 e. The molecule has 0 unspecified atom stereocenters. The lowest BCUT2D eigenvalue weighted by Gasteiger charge is -2.18. The SMILES string of the molecule is CC(C)c1ccc(C(=O)N(C)Cc2cccc(N)c2)cc1. The van der Waals surface area contributed by atoms with Crippen molar-refractivity contribution < 1.29 is 4.79 Å². The Balaban J connectivity index is 2.08. The third-order valence-corrected chi connectivity index (χ3v) is 3.54. The number of nitrogens with zero attached hydrogens (tertiary/aromatic N) is 1. The highest BCUT2D eigenvalue weighted by molar-refractivity contribution is 5.94. The Morgan fingerprint density at radius 3 is 2.38 bits per heavy atom. The van der Waals surface area contributed by atoms with Gasteiger partial charge in [-0.25, -0.2) is 0 Å². The standard InChI is InChI=1S/C18H22N2O/c1-13(2)15-7-9-16(10-8-15)18(21)20(3)12-14-5-4-6-17(19)11-14/h4-11,13H,12,19H2,1-3H3. The smallest absolute Gasteiger partial charge is 0.253 e. The Labute approximate surface area is 126 Å². The quantitative estimate of drug-likeness (QED) is 0.870. The molecule has 0 atom stereocenters. The van der Waals surface area contributed by atoms with Crippen molar-refractivity contribution in [2.75, 3.05) is 12.8 Å². The molecule has 2 aromatic rings. The van der Waals surface area contributed by atoms with E-state index in [1.54, 1.807) is 4.90 Å². The molecule has 0 aromatic heterocycles. The highest BCUT2D eigenvalue weighted by Gasteiger charge is 2.12. The van der Waals surface area contributed by atoms with Crippen LogP contribution in [0.15, 0.2) is 48.5 Å². The molecule has 0 fully saturated rings. The third kappa shape index (κ3) is 3.85. The number of rotatable bonds is 4. The highest BCUT2D eigenvalue weighted by Crippen LogP contribution is 2.16. The molecule has 1 amide bonds. The lowest BCUT2D eigenvalue weighted by Crippen LogP contribution is -2.26. The first-order chi connectivity index (χ1) is 9.97. The van der Waals surface area contributed by atoms with Crippen LogP contribution in [0.2, 0.25) is 0 Å². The number of anilines is 1. The van der Waals surface area contributed by atoms with Gasteiger partial charge in [-0.2, -0.15) is 0 Å². The van der Waals surface area contributed by atoms with Crippen molar-refractivity contribution in [3.63, 3.8) is 0 Å². The van der Waals surface area contributed by atoms with E-state index in [-0.39, 0.29) is 5.91 Å². The van der Waals surface area contributed by atoms with E-state index in [4.69, 9.17) is 5.73 Å². The van der Waals surface area contributed by atoms with Crippen LogP contribution in [-0.2, 0) is 6.54 Å². The second-order valence-electron chi connectivity index (χ2n) is 5.68. The number of carbonyl (C=O) groups excluding carboxylic acids is 1. The minimum Gasteiger partial charge on any atom is -0.399 e. The Bertz CT molecular complexity index is 617. The molecule has 0 aliphatic rings. The molecule has 110 valence electrons. The molecule has 21 heavy (non-hydrogen) atoms. The molecule has 0 bridgehead atoms. The first-order valence-electron chi connectivity index (χ1n) is 7.17. The summed E-state index contributed by atoms with van der Waals surface area (Å²) >= 11 is 0. The summed E-state index contributed by atoms with van der Waals surface area (Å²) in [5, 5.41) is 0. The summed E-state index contributed by atoms with van der Waals surface area (Å²) in [4.78, 5) is 14.1. The molecule has 3 nitrogen and oxygen atoms in total. The predicted octanol–water partition coefficient (Wildman–Crippen LogP) is 3.66. The first-order valence-corrected chi connectivity index (χ1v) is 7.17. The maximum absolute atomic E-state index is 12.4. The van der Waals surface area contributed by atoms with Gasteiger partial charge in [0.25, 0.3) is 5.91 Å². The van der Waals surface area contributed by atoms with Crippen LogP contribution in [0, 0.1) is 0 Å². The number of benzene rings is 2. The van der Waals surface area contributed by atoms with Gasteiger partial charge < -0.3 is 10.6 Å². The molecule has 3 heteroatoms. The third-order valence-electron chi connectivity index (χ3n) is 3.54. The molecule has 2 N–H and O–H groups in total. The maximum atomic E-state index is 12.4. The second-order valence-corrected chi connectivity index (χ2v) is 5.68. The van der Waals surface area contributed by atoms with E-state index < -0.39 is 0 Å². The van der Waals surface area contributed by atoms with Crippen LogP contribution >= 0.6 is 0 Å². The van der Waals surface area contributed by atoms with E-state index >= 15 is 0 Å². The van der Waals surface area contributed by atoms with Crippen LogP contribution in [0.1, 0.15) is 41.3 Å². The summed E-state index contributed by atoms with van der Waals surface area (Å²) in [5.74, 6) is 0.493. The molecule has 2 aromatic carbocycles. The molecular weight excluding hydrogens is 260 g/mol. The van der Waals surface area contributed by atoms with E-state index in [0.29, 0.717) is 18.0 Å². The number of carbonyl (C=O) groups is 1. The Morgan fingerprint density at radius 1 is 1.14 bits per heavy atom. The Kier molecular flexibility index (Phi) is 4.63. The molecule has 0 radical (unpaired) electrons. The van der Waals surface area contributed by atoms with Gasteiger partial charge in [0, 0.05) is 24.8 Å². The monoisotopic (exact) mass is 282 g/mol. The summed E-state index contributed by atoms with van der Waals surface area (Å²) in [7, 11) is 1.81. The van der Waals surface area contributed by atoms with Crippen molar-refractivity contribution in [1.82, 2.24) is 4.90 Å². The maximum Gasteiger partial charge on any atom is 0.253 e. The molecule has 0 aliphatic carbocycles. The fraction of sp³-hybridized carbons (Fsp3) is 0.278. The van der Waals surface area contributed by atoms with E-state index in [2.05, 4.69) is 13.8 Å². The molecule has 0 heterocycles. The van der Waals surface area contributed by atoms with Crippen LogP contribution in [0.4, 0.5) is 5.69 Å². The van der Waals surface area contributed by atoms with Gasteiger partial charge in [0.15, 0.2) is 0 Å². The zero-order chi connectivity index (χ0) is 15.4. The number of nitrogens with two attached hydrogens (primary N) is 1. The van der Waals surface area contributed by atoms with E-state index in [9.17, 15) is 4.79 Å². The average molecular weight is 282 g/mol. The minimum atomic E-state index is 0.0210. The number of amides is 1. The van der Waals surface area contributed by atoms with Crippen molar-refractivity contribution >= 4 is 11.6 Å². The summed E-state index contributed by atoms with van der Waals surface area (Å²) in [6.07, 6.45) is 0. The molecule has 0 aliphatic heterocycles. The van der Waals surface area contributed by atoms with Crippen LogP contribution in [-0.4, -0.2) is 17.9 Å². The van der Waals surface area contributed by atoms with Gasteiger partial charge in [-0.05, 0) is 41.3 Å². The topological polar surface area (TPSA) is 46.3 Å². The summed E-state index contributed by atoms with van der Waals surface area (Å²) in [5.41, 5.74) is 9.47. The van der Waals surface area contributed by atoms with Crippen molar-refractivity contribution in [2.45, 2.75) is 26.3 Å². The van der Waals surface area contributed by atoms with Crippen LogP contribution in [0.3, 0.4) is 0 Å². The highest BCUT2D eigenvalue weighted by atomic mass is 16.2. The van der Waals surface area contributed by atoms with E-state index in [0.717, 1.165) is 11.3 Å². The van der Waals surface area contributed by atoms with Gasteiger partial charge in [-0.15, -0.1) is 0 Å². The zero-order valence-electron chi connectivity index (χ0n) is 12.8. The molecule has 0 saturated carbocycles. The van der Waals surface area contributed by atoms with Gasteiger partial charge in [-0.3, -0.25) is 4.79 Å². The van der Waals surface area contributed by atoms with Crippen molar-refractivity contribution in [3.8, 4) is 0 Å². The number of hydrogen-bond donors (Lipinski definition) is 1. The van der Waals surface area contributed by atoms with Crippen LogP contribution in [0.25, 0.3) is 0 Å². The van der Waals surface area contributed by atoms with Crippen LogP contribution < -0.4 is 5.73 Å². The summed E-state index contributed by atoms with van der Waals surface area (Å²) < 4.78 is 0. The fourth-order valence-electron chi connectivity index (χ4n) is 2.27. The number of hydrogen-bond acceptors (Lipinski definition) is 2. The molecule has 0 saturated heterocycles. The van der Waals surface area contributed by atoms with Crippen molar-refractivity contribution in [3.05, 3.63) is 65.2 Å². The molecule has 0 spiro atoms. The normalized spacial score (nSPS) is 10.7. The van der Waals surface area contributed by atoms with E-state index in [1.165, 1.54) is 5.56 Å². The van der Waals surface area contributed by atoms with Crippen LogP contribution in [0.5, 0.6) is 0 Å². The lowest BCUT2D eigenvalue weighted by molar-refractivity contribution is 0.0785. The van der Waals surface area contributed by atoms with Gasteiger partial charge in [0.1, 0.15) is 0 Å². The van der Waals surface area contributed by atoms with Crippen molar-refractivity contribution in [1.29, 1.82) is 0 Å². The van der Waals surface area contributed by atoms with Gasteiger partial charge in [0.05, 0.1) is 0 Å². The summed E-state index contributed by atoms with van der Waals surface area (Å²) in [6.45, 7) is 4.83. The second kappa shape index (κ2) is 6.44. The molecule has 2 rings (SSSR count). The molecular formula is C18H22N2O. The van der Waals surface area contributed by atoms with Gasteiger partial charge in [0.2, 0.25) is 0 Å².